The van der Waals surface area contributed by atoms with Gasteiger partial charge in [0.2, 0.25) is 11.8 Å². The molecule has 0 bridgehead atoms. The topological polar surface area (TPSA) is 75.4 Å². The highest BCUT2D eigenvalue weighted by Gasteiger charge is 2.32. The van der Waals surface area contributed by atoms with Gasteiger partial charge in [-0.2, -0.15) is 0 Å². The van der Waals surface area contributed by atoms with Crippen molar-refractivity contribution in [3.05, 3.63) is 30.3 Å². The molecule has 2 amide bonds. The van der Waals surface area contributed by atoms with E-state index in [1.807, 2.05) is 30.3 Å². The van der Waals surface area contributed by atoms with Crippen LogP contribution in [0.1, 0.15) is 6.42 Å². The van der Waals surface area contributed by atoms with Gasteiger partial charge in [-0.05, 0) is 12.1 Å². The number of nitrogens with one attached hydrogen (secondary N) is 1. The molecule has 2 rings (SSSR count). The lowest BCUT2D eigenvalue weighted by molar-refractivity contribution is -0.128. The van der Waals surface area contributed by atoms with Crippen LogP contribution in [0.2, 0.25) is 0 Å². The maximum absolute atomic E-state index is 11.6. The molecule has 0 spiro atoms. The van der Waals surface area contributed by atoms with Crippen molar-refractivity contribution >= 4 is 17.5 Å². The summed E-state index contributed by atoms with van der Waals surface area (Å²) in [7, 11) is 0. The van der Waals surface area contributed by atoms with Crippen LogP contribution >= 0.6 is 0 Å². The lowest BCUT2D eigenvalue weighted by Crippen LogP contribution is -2.32. The first-order valence-corrected chi connectivity index (χ1v) is 6.03. The van der Waals surface area contributed by atoms with E-state index in [9.17, 15) is 9.59 Å². The number of anilines is 1. The van der Waals surface area contributed by atoms with Crippen LogP contribution in [0.15, 0.2) is 30.3 Å². The van der Waals surface area contributed by atoms with Gasteiger partial charge in [0, 0.05) is 31.7 Å². The molecule has 5 heteroatoms. The first-order chi connectivity index (χ1) is 8.66. The maximum Gasteiger partial charge on any atom is 0.223 e. The molecule has 5 nitrogen and oxygen atoms in total. The Hall–Kier alpha value is -2.04. The lowest BCUT2D eigenvalue weighted by Gasteiger charge is -2.16. The largest absolute Gasteiger partial charge is 0.383 e. The summed E-state index contributed by atoms with van der Waals surface area (Å²) in [5.41, 5.74) is 6.23. The fraction of sp³-hybridized carbons (Fsp3) is 0.385. The van der Waals surface area contributed by atoms with Gasteiger partial charge in [0.05, 0.1) is 5.92 Å². The maximum atomic E-state index is 11.6. The van der Waals surface area contributed by atoms with Gasteiger partial charge in [-0.3, -0.25) is 9.59 Å². The SMILES string of the molecule is NC(=O)C1CC(=O)N(CCNc2ccccc2)C1. The third-order valence-corrected chi connectivity index (χ3v) is 3.10. The van der Waals surface area contributed by atoms with Crippen molar-refractivity contribution in [2.24, 2.45) is 11.7 Å². The Bertz CT molecular complexity index is 433. The second-order valence-electron chi connectivity index (χ2n) is 4.44. The second-order valence-corrected chi connectivity index (χ2v) is 4.44. The van der Waals surface area contributed by atoms with E-state index in [-0.39, 0.29) is 24.2 Å². The van der Waals surface area contributed by atoms with Crippen molar-refractivity contribution in [1.29, 1.82) is 0 Å². The van der Waals surface area contributed by atoms with Crippen molar-refractivity contribution in [2.75, 3.05) is 25.0 Å². The number of para-hydroxylation sites is 1. The minimum absolute atomic E-state index is 0.00802. The van der Waals surface area contributed by atoms with E-state index >= 15 is 0 Å². The Labute approximate surface area is 106 Å². The molecule has 1 aromatic carbocycles. The van der Waals surface area contributed by atoms with Crippen LogP contribution in [-0.4, -0.2) is 36.3 Å². The van der Waals surface area contributed by atoms with Crippen molar-refractivity contribution in [1.82, 2.24) is 4.90 Å². The van der Waals surface area contributed by atoms with Gasteiger partial charge in [0.15, 0.2) is 0 Å². The standard InChI is InChI=1S/C13H17N3O2/c14-13(18)10-8-12(17)16(9-10)7-6-15-11-4-2-1-3-5-11/h1-5,10,15H,6-9H2,(H2,14,18). The van der Waals surface area contributed by atoms with Gasteiger partial charge in [0.25, 0.3) is 0 Å². The van der Waals surface area contributed by atoms with Gasteiger partial charge < -0.3 is 16.0 Å². The van der Waals surface area contributed by atoms with Crippen LogP contribution in [0.3, 0.4) is 0 Å². The van der Waals surface area contributed by atoms with Crippen LogP contribution in [-0.2, 0) is 9.59 Å². The third kappa shape index (κ3) is 3.00. The number of benzene rings is 1. The van der Waals surface area contributed by atoms with Gasteiger partial charge in [-0.15, -0.1) is 0 Å². The number of primary amides is 1. The van der Waals surface area contributed by atoms with Gasteiger partial charge >= 0.3 is 0 Å². The Balaban J connectivity index is 1.78. The Morgan fingerprint density at radius 2 is 2.11 bits per heavy atom. The van der Waals surface area contributed by atoms with Gasteiger partial charge in [-0.25, -0.2) is 0 Å². The molecule has 3 N–H and O–H groups in total. The van der Waals surface area contributed by atoms with E-state index in [0.717, 1.165) is 5.69 Å². The van der Waals surface area contributed by atoms with Crippen LogP contribution < -0.4 is 11.1 Å². The summed E-state index contributed by atoms with van der Waals surface area (Å²) in [5.74, 6) is -0.704. The van der Waals surface area contributed by atoms with Crippen molar-refractivity contribution in [3.63, 3.8) is 0 Å². The number of hydrogen-bond donors (Lipinski definition) is 2. The highest BCUT2D eigenvalue weighted by molar-refractivity contribution is 5.88. The lowest BCUT2D eigenvalue weighted by atomic mass is 10.1. The van der Waals surface area contributed by atoms with Gasteiger partial charge in [-0.1, -0.05) is 18.2 Å². The zero-order chi connectivity index (χ0) is 13.0. The number of nitrogens with two attached hydrogens (primary N) is 1. The second kappa shape index (κ2) is 5.53. The molecule has 0 aromatic heterocycles. The molecule has 96 valence electrons. The molecule has 1 aromatic rings. The molecule has 18 heavy (non-hydrogen) atoms. The molecule has 1 saturated heterocycles. The molecule has 1 heterocycles. The van der Waals surface area contributed by atoms with E-state index in [4.69, 9.17) is 5.73 Å². The molecule has 1 unspecified atom stereocenters. The number of carbonyl (C=O) groups excluding carboxylic acids is 2. The quantitative estimate of drug-likeness (QED) is 0.792. The van der Waals surface area contributed by atoms with E-state index in [1.54, 1.807) is 4.90 Å². The average Bonchev–Trinajstić information content (AvgIpc) is 2.73. The Morgan fingerprint density at radius 3 is 2.72 bits per heavy atom. The highest BCUT2D eigenvalue weighted by atomic mass is 16.2. The predicted molar refractivity (Wildman–Crippen MR) is 68.8 cm³/mol. The van der Waals surface area contributed by atoms with E-state index in [1.165, 1.54) is 0 Å². The molecular weight excluding hydrogens is 230 g/mol. The molecule has 0 saturated carbocycles. The van der Waals surface area contributed by atoms with E-state index in [0.29, 0.717) is 19.6 Å². The van der Waals surface area contributed by atoms with Crippen molar-refractivity contribution in [2.45, 2.75) is 6.42 Å². The normalized spacial score (nSPS) is 19.0. The summed E-state index contributed by atoms with van der Waals surface area (Å²) in [5, 5.41) is 3.23. The number of hydrogen-bond acceptors (Lipinski definition) is 3. The van der Waals surface area contributed by atoms with Crippen molar-refractivity contribution < 1.29 is 9.59 Å². The van der Waals surface area contributed by atoms with E-state index in [2.05, 4.69) is 5.32 Å². The third-order valence-electron chi connectivity index (χ3n) is 3.10. The predicted octanol–water partition coefficient (Wildman–Crippen LogP) is 0.432. The number of amides is 2. The fourth-order valence-corrected chi connectivity index (χ4v) is 2.07. The summed E-state index contributed by atoms with van der Waals surface area (Å²) in [4.78, 5) is 24.3. The van der Waals surface area contributed by atoms with Crippen LogP contribution in [0.25, 0.3) is 0 Å². The molecule has 1 aliphatic heterocycles. The van der Waals surface area contributed by atoms with Crippen LogP contribution in [0.4, 0.5) is 5.69 Å². The Morgan fingerprint density at radius 1 is 1.39 bits per heavy atom. The van der Waals surface area contributed by atoms with Gasteiger partial charge in [0.1, 0.15) is 0 Å². The zero-order valence-electron chi connectivity index (χ0n) is 10.1. The molecule has 0 aliphatic carbocycles. The minimum atomic E-state index is -0.387. The number of nitrogens with zero attached hydrogens (tertiary/aromatic N) is 1. The van der Waals surface area contributed by atoms with Crippen LogP contribution in [0, 0.1) is 5.92 Å². The average molecular weight is 247 g/mol. The number of rotatable bonds is 5. The first-order valence-electron chi connectivity index (χ1n) is 6.03. The summed E-state index contributed by atoms with van der Waals surface area (Å²) < 4.78 is 0. The monoisotopic (exact) mass is 247 g/mol. The van der Waals surface area contributed by atoms with Crippen LogP contribution in [0.5, 0.6) is 0 Å². The number of carbonyl (C=O) groups is 2. The fourth-order valence-electron chi connectivity index (χ4n) is 2.07. The smallest absolute Gasteiger partial charge is 0.223 e. The summed E-state index contributed by atoms with van der Waals surface area (Å²) in [6.45, 7) is 1.71. The Kier molecular flexibility index (Phi) is 3.82. The van der Waals surface area contributed by atoms with Crippen molar-refractivity contribution in [3.8, 4) is 0 Å². The van der Waals surface area contributed by atoms with E-state index < -0.39 is 0 Å². The molecule has 1 fully saturated rings. The molecule has 1 atom stereocenters. The number of likely N-dealkylation sites (tertiary alicyclic amines) is 1. The molecule has 0 radical (unpaired) electrons. The molecular formula is C13H17N3O2. The minimum Gasteiger partial charge on any atom is -0.383 e. The first kappa shape index (κ1) is 12.4. The summed E-state index contributed by atoms with van der Waals surface area (Å²) in [6.07, 6.45) is 0.251. The molecule has 1 aliphatic rings. The summed E-state index contributed by atoms with van der Waals surface area (Å²) in [6, 6.07) is 9.79. The highest BCUT2D eigenvalue weighted by Crippen LogP contribution is 2.16. The zero-order valence-corrected chi connectivity index (χ0v) is 10.1. The summed E-state index contributed by atoms with van der Waals surface area (Å²) >= 11 is 0.